The van der Waals surface area contributed by atoms with Crippen molar-refractivity contribution in [3.8, 4) is 0 Å². The number of carbonyl (C=O) groups excluding carboxylic acids is 1. The lowest BCUT2D eigenvalue weighted by molar-refractivity contribution is -0.257. The van der Waals surface area contributed by atoms with Crippen molar-refractivity contribution in [2.45, 2.75) is 24.9 Å². The molecule has 0 N–H and O–H groups in total. The first kappa shape index (κ1) is 21.2. The average molecular weight is 394 g/mol. The van der Waals surface area contributed by atoms with Crippen LogP contribution in [0.25, 0.3) is 0 Å². The van der Waals surface area contributed by atoms with E-state index in [2.05, 4.69) is 8.92 Å². The van der Waals surface area contributed by atoms with E-state index in [4.69, 9.17) is 0 Å². The average Bonchev–Trinajstić information content (AvgIpc) is 2.42. The molecule has 0 fully saturated rings. The Morgan fingerprint density at radius 2 is 1.60 bits per heavy atom. The van der Waals surface area contributed by atoms with Crippen molar-refractivity contribution in [1.29, 1.82) is 0 Å². The van der Waals surface area contributed by atoms with Crippen LogP contribution in [0.5, 0.6) is 0 Å². The maximum atomic E-state index is 13.6. The van der Waals surface area contributed by atoms with Gasteiger partial charge in [-0.25, -0.2) is 8.98 Å². The highest BCUT2D eigenvalue weighted by Crippen LogP contribution is 2.45. The summed E-state index contributed by atoms with van der Waals surface area (Å²) in [5.74, 6) is -2.20. The Hall–Kier alpha value is -1.82. The third-order valence-electron chi connectivity index (χ3n) is 2.83. The predicted octanol–water partition coefficient (Wildman–Crippen LogP) is 3.00. The predicted molar refractivity (Wildman–Crippen MR) is 71.7 cm³/mol. The highest BCUT2D eigenvalue weighted by Gasteiger charge is 2.66. The summed E-state index contributed by atoms with van der Waals surface area (Å²) in [4.78, 5) is 11.9. The van der Waals surface area contributed by atoms with Crippen LogP contribution in [0.4, 0.5) is 26.3 Å². The van der Waals surface area contributed by atoms with Gasteiger partial charge in [-0.1, -0.05) is 12.1 Å². The molecule has 0 radical (unpaired) electrons. The Bertz CT molecular complexity index is 740. The first-order chi connectivity index (χ1) is 11.1. The Morgan fingerprint density at radius 1 is 1.08 bits per heavy atom. The molecule has 1 aromatic carbocycles. The normalized spacial score (nSPS) is 15.5. The van der Waals surface area contributed by atoms with E-state index in [1.807, 2.05) is 0 Å². The lowest BCUT2D eigenvalue weighted by Gasteiger charge is -2.32. The Labute approximate surface area is 138 Å². The van der Waals surface area contributed by atoms with Gasteiger partial charge in [0.1, 0.15) is 0 Å². The highest BCUT2D eigenvalue weighted by molar-refractivity contribution is 7.86. The molecule has 12 heteroatoms. The maximum Gasteiger partial charge on any atom is 0.434 e. The van der Waals surface area contributed by atoms with Crippen LogP contribution in [0.2, 0.25) is 0 Å². The molecule has 0 saturated carbocycles. The van der Waals surface area contributed by atoms with Gasteiger partial charge < -0.3 is 4.74 Å². The molecule has 0 aromatic heterocycles. The molecule has 0 aliphatic heterocycles. The molecular formula is C13H12F6O5S. The molecule has 1 rings (SSSR count). The van der Waals surface area contributed by atoms with Crippen LogP contribution in [-0.4, -0.2) is 33.4 Å². The summed E-state index contributed by atoms with van der Waals surface area (Å²) in [7, 11) is -4.93. The first-order valence-corrected chi connectivity index (χ1v) is 8.29. The lowest BCUT2D eigenvalue weighted by Crippen LogP contribution is -2.53. The standard InChI is InChI=1S/C13H12F6O5S/c1-3-23-10(20)11(13(17,18)19,24-25(2,21)22)8-5-4-6-9(7-8)12(14,15)16/h4-7H,3H2,1-2H3. The van der Waals surface area contributed by atoms with E-state index >= 15 is 0 Å². The minimum Gasteiger partial charge on any atom is -0.463 e. The fourth-order valence-electron chi connectivity index (χ4n) is 1.90. The summed E-state index contributed by atoms with van der Waals surface area (Å²) in [6.07, 6.45) is -10.5. The largest absolute Gasteiger partial charge is 0.463 e. The van der Waals surface area contributed by atoms with Crippen LogP contribution in [0.15, 0.2) is 24.3 Å². The molecule has 0 saturated heterocycles. The summed E-state index contributed by atoms with van der Waals surface area (Å²) in [5.41, 5.74) is -7.17. The topological polar surface area (TPSA) is 69.7 Å². The molecule has 25 heavy (non-hydrogen) atoms. The summed E-state index contributed by atoms with van der Waals surface area (Å²) >= 11 is 0. The fourth-order valence-corrected chi connectivity index (χ4v) is 2.61. The quantitative estimate of drug-likeness (QED) is 0.436. The molecule has 142 valence electrons. The summed E-state index contributed by atoms with van der Waals surface area (Å²) in [6, 6.07) is 1.51. The van der Waals surface area contributed by atoms with Crippen molar-refractivity contribution in [3.63, 3.8) is 0 Å². The van der Waals surface area contributed by atoms with Crippen molar-refractivity contribution in [2.24, 2.45) is 0 Å². The van der Waals surface area contributed by atoms with Gasteiger partial charge in [-0.2, -0.15) is 34.8 Å². The van der Waals surface area contributed by atoms with Gasteiger partial charge in [0, 0.05) is 5.56 Å². The van der Waals surface area contributed by atoms with Gasteiger partial charge in [0.15, 0.2) is 0 Å². The number of hydrogen-bond acceptors (Lipinski definition) is 5. The minimum atomic E-state index is -5.73. The van der Waals surface area contributed by atoms with Crippen molar-refractivity contribution in [2.75, 3.05) is 12.9 Å². The van der Waals surface area contributed by atoms with E-state index in [1.165, 1.54) is 0 Å². The molecule has 5 nitrogen and oxygen atoms in total. The minimum absolute atomic E-state index is 0.0183. The molecule has 1 atom stereocenters. The van der Waals surface area contributed by atoms with Crippen molar-refractivity contribution < 1.29 is 48.5 Å². The molecule has 0 bridgehead atoms. The fraction of sp³-hybridized carbons (Fsp3) is 0.462. The second kappa shape index (κ2) is 6.83. The van der Waals surface area contributed by atoms with E-state index in [0.717, 1.165) is 6.92 Å². The van der Waals surface area contributed by atoms with Crippen molar-refractivity contribution in [3.05, 3.63) is 35.4 Å². The summed E-state index contributed by atoms with van der Waals surface area (Å²) < 4.78 is 110. The van der Waals surface area contributed by atoms with Gasteiger partial charge in [-0.05, 0) is 19.1 Å². The van der Waals surface area contributed by atoms with E-state index in [9.17, 15) is 39.6 Å². The smallest absolute Gasteiger partial charge is 0.434 e. The molecule has 1 unspecified atom stereocenters. The van der Waals surface area contributed by atoms with E-state index < -0.39 is 51.8 Å². The maximum absolute atomic E-state index is 13.6. The van der Waals surface area contributed by atoms with Crippen LogP contribution in [0.3, 0.4) is 0 Å². The molecule has 0 aliphatic rings. The number of alkyl halides is 6. The van der Waals surface area contributed by atoms with Crippen LogP contribution < -0.4 is 0 Å². The van der Waals surface area contributed by atoms with Crippen molar-refractivity contribution in [1.82, 2.24) is 0 Å². The third kappa shape index (κ3) is 4.63. The van der Waals surface area contributed by atoms with Gasteiger partial charge in [-0.15, -0.1) is 0 Å². The van der Waals surface area contributed by atoms with Crippen LogP contribution >= 0.6 is 0 Å². The monoisotopic (exact) mass is 394 g/mol. The number of esters is 1. The number of benzene rings is 1. The summed E-state index contributed by atoms with van der Waals surface area (Å²) in [5, 5.41) is 0. The van der Waals surface area contributed by atoms with Gasteiger partial charge >= 0.3 is 23.9 Å². The van der Waals surface area contributed by atoms with E-state index in [1.54, 1.807) is 0 Å². The molecule has 0 spiro atoms. The van der Waals surface area contributed by atoms with Crippen LogP contribution in [0, 0.1) is 0 Å². The molecular weight excluding hydrogens is 382 g/mol. The zero-order valence-electron chi connectivity index (χ0n) is 12.7. The summed E-state index contributed by atoms with van der Waals surface area (Å²) in [6.45, 7) is 0.536. The Kier molecular flexibility index (Phi) is 5.79. The first-order valence-electron chi connectivity index (χ1n) is 6.47. The van der Waals surface area contributed by atoms with Crippen LogP contribution in [0.1, 0.15) is 18.1 Å². The Balaban J connectivity index is 3.79. The second-order valence-electron chi connectivity index (χ2n) is 4.77. The van der Waals surface area contributed by atoms with Gasteiger partial charge in [-0.3, -0.25) is 0 Å². The lowest BCUT2D eigenvalue weighted by atomic mass is 9.91. The van der Waals surface area contributed by atoms with Gasteiger partial charge in [0.2, 0.25) is 0 Å². The van der Waals surface area contributed by atoms with Crippen molar-refractivity contribution >= 4 is 16.1 Å². The molecule has 1 aromatic rings. The number of halogens is 6. The van der Waals surface area contributed by atoms with Gasteiger partial charge in [0.05, 0.1) is 18.4 Å². The Morgan fingerprint density at radius 3 is 2.00 bits per heavy atom. The molecule has 0 heterocycles. The number of rotatable bonds is 5. The number of hydrogen-bond donors (Lipinski definition) is 0. The third-order valence-corrected chi connectivity index (χ3v) is 3.39. The zero-order valence-corrected chi connectivity index (χ0v) is 13.6. The zero-order chi connectivity index (χ0) is 19.7. The van der Waals surface area contributed by atoms with Gasteiger partial charge in [0.25, 0.3) is 10.1 Å². The second-order valence-corrected chi connectivity index (χ2v) is 6.34. The SMILES string of the molecule is CCOC(=O)C(OS(C)(=O)=O)(c1cccc(C(F)(F)F)c1)C(F)(F)F. The van der Waals surface area contributed by atoms with E-state index in [0.29, 0.717) is 18.2 Å². The number of ether oxygens (including phenoxy) is 1. The van der Waals surface area contributed by atoms with Crippen LogP contribution in [-0.2, 0) is 35.6 Å². The molecule has 0 aliphatic carbocycles. The van der Waals surface area contributed by atoms with E-state index in [-0.39, 0.29) is 12.3 Å². The highest BCUT2D eigenvalue weighted by atomic mass is 32.2. The number of carbonyl (C=O) groups is 1. The molecule has 0 amide bonds.